The molecular formula is C17H32N2O2. The molecule has 0 aromatic carbocycles. The highest BCUT2D eigenvalue weighted by Gasteiger charge is 2.40. The average molecular weight is 296 g/mol. The number of nitrogens with zero attached hydrogens (tertiary/aromatic N) is 2. The van der Waals surface area contributed by atoms with Gasteiger partial charge in [-0.1, -0.05) is 0 Å². The highest BCUT2D eigenvalue weighted by Crippen LogP contribution is 2.40. The minimum atomic E-state index is -0.400. The summed E-state index contributed by atoms with van der Waals surface area (Å²) in [6, 6.07) is 0.632. The van der Waals surface area contributed by atoms with Gasteiger partial charge in [0.15, 0.2) is 0 Å². The van der Waals surface area contributed by atoms with Crippen LogP contribution in [0.4, 0.5) is 4.79 Å². The van der Waals surface area contributed by atoms with Gasteiger partial charge in [0, 0.05) is 19.1 Å². The van der Waals surface area contributed by atoms with Crippen LogP contribution in [0.1, 0.15) is 60.3 Å². The largest absolute Gasteiger partial charge is 0.444 e. The van der Waals surface area contributed by atoms with Crippen molar-refractivity contribution >= 4 is 6.09 Å². The lowest BCUT2D eigenvalue weighted by Gasteiger charge is -2.48. The molecule has 2 rings (SSSR count). The third-order valence-electron chi connectivity index (χ3n) is 4.90. The summed E-state index contributed by atoms with van der Waals surface area (Å²) >= 11 is 0. The lowest BCUT2D eigenvalue weighted by atomic mass is 9.72. The summed E-state index contributed by atoms with van der Waals surface area (Å²) in [6.45, 7) is 14.4. The Morgan fingerprint density at radius 1 is 1.10 bits per heavy atom. The van der Waals surface area contributed by atoms with Crippen molar-refractivity contribution in [2.45, 2.75) is 71.9 Å². The van der Waals surface area contributed by atoms with Gasteiger partial charge >= 0.3 is 6.09 Å². The van der Waals surface area contributed by atoms with E-state index in [1.165, 1.54) is 32.4 Å². The standard InChI is InChI=1S/C17H32N2O2/c1-14(2)18-11-8-17(9-12-18)7-6-10-19(13-17)15(20)21-16(3,4)5/h14H,6-13H2,1-5H3. The number of likely N-dealkylation sites (tertiary alicyclic amines) is 2. The molecule has 0 radical (unpaired) electrons. The number of piperidine rings is 2. The van der Waals surface area contributed by atoms with Gasteiger partial charge in [-0.2, -0.15) is 0 Å². The molecular weight excluding hydrogens is 264 g/mol. The van der Waals surface area contributed by atoms with Crippen LogP contribution in [-0.4, -0.2) is 53.7 Å². The highest BCUT2D eigenvalue weighted by atomic mass is 16.6. The Morgan fingerprint density at radius 3 is 2.24 bits per heavy atom. The smallest absolute Gasteiger partial charge is 0.410 e. The molecule has 2 saturated heterocycles. The predicted molar refractivity (Wildman–Crippen MR) is 85.4 cm³/mol. The summed E-state index contributed by atoms with van der Waals surface area (Å²) in [7, 11) is 0. The van der Waals surface area contributed by atoms with Crippen LogP contribution >= 0.6 is 0 Å². The fourth-order valence-electron chi connectivity index (χ4n) is 3.61. The van der Waals surface area contributed by atoms with Gasteiger partial charge in [-0.25, -0.2) is 4.79 Å². The van der Waals surface area contributed by atoms with E-state index < -0.39 is 5.60 Å². The van der Waals surface area contributed by atoms with Crippen molar-refractivity contribution < 1.29 is 9.53 Å². The number of carbonyl (C=O) groups excluding carboxylic acids is 1. The zero-order chi connectivity index (χ0) is 15.7. The Kier molecular flexibility index (Phi) is 4.86. The monoisotopic (exact) mass is 296 g/mol. The van der Waals surface area contributed by atoms with E-state index in [0.717, 1.165) is 19.5 Å². The van der Waals surface area contributed by atoms with Crippen molar-refractivity contribution in [2.75, 3.05) is 26.2 Å². The van der Waals surface area contributed by atoms with E-state index in [-0.39, 0.29) is 6.09 Å². The van der Waals surface area contributed by atoms with E-state index in [9.17, 15) is 4.79 Å². The molecule has 122 valence electrons. The van der Waals surface area contributed by atoms with Gasteiger partial charge in [-0.15, -0.1) is 0 Å². The molecule has 1 spiro atoms. The number of carbonyl (C=O) groups is 1. The van der Waals surface area contributed by atoms with Gasteiger partial charge in [-0.05, 0) is 78.8 Å². The summed E-state index contributed by atoms with van der Waals surface area (Å²) in [5.74, 6) is 0. The highest BCUT2D eigenvalue weighted by molar-refractivity contribution is 5.68. The summed E-state index contributed by atoms with van der Waals surface area (Å²) in [5.41, 5.74) is -0.0662. The molecule has 0 unspecified atom stereocenters. The Balaban J connectivity index is 1.93. The molecule has 0 bridgehead atoms. The van der Waals surface area contributed by atoms with Crippen LogP contribution in [0, 0.1) is 5.41 Å². The van der Waals surface area contributed by atoms with Crippen molar-refractivity contribution in [2.24, 2.45) is 5.41 Å². The fraction of sp³-hybridized carbons (Fsp3) is 0.941. The van der Waals surface area contributed by atoms with Crippen LogP contribution in [0.5, 0.6) is 0 Å². The Hall–Kier alpha value is -0.770. The van der Waals surface area contributed by atoms with Crippen molar-refractivity contribution in [3.63, 3.8) is 0 Å². The van der Waals surface area contributed by atoms with E-state index in [0.29, 0.717) is 11.5 Å². The molecule has 0 aromatic rings. The molecule has 1 amide bonds. The number of hydrogen-bond donors (Lipinski definition) is 0. The van der Waals surface area contributed by atoms with E-state index >= 15 is 0 Å². The number of amides is 1. The Morgan fingerprint density at radius 2 is 1.71 bits per heavy atom. The first-order valence-corrected chi connectivity index (χ1v) is 8.43. The molecule has 0 atom stereocenters. The molecule has 0 saturated carbocycles. The molecule has 21 heavy (non-hydrogen) atoms. The molecule has 4 nitrogen and oxygen atoms in total. The first-order chi connectivity index (χ1) is 9.71. The molecule has 2 aliphatic rings. The average Bonchev–Trinajstić information content (AvgIpc) is 2.37. The lowest BCUT2D eigenvalue weighted by Crippen LogP contribution is -2.52. The molecule has 0 aliphatic carbocycles. The molecule has 2 fully saturated rings. The van der Waals surface area contributed by atoms with Gasteiger partial charge in [-0.3, -0.25) is 0 Å². The predicted octanol–water partition coefficient (Wildman–Crippen LogP) is 3.51. The second kappa shape index (κ2) is 6.15. The van der Waals surface area contributed by atoms with Crippen molar-refractivity contribution in [1.29, 1.82) is 0 Å². The minimum absolute atomic E-state index is 0.132. The number of ether oxygens (including phenoxy) is 1. The van der Waals surface area contributed by atoms with Crippen LogP contribution in [-0.2, 0) is 4.74 Å². The van der Waals surface area contributed by atoms with Crippen molar-refractivity contribution in [3.05, 3.63) is 0 Å². The van der Waals surface area contributed by atoms with Crippen LogP contribution in [0.3, 0.4) is 0 Å². The molecule has 0 N–H and O–H groups in total. The topological polar surface area (TPSA) is 32.8 Å². The van der Waals surface area contributed by atoms with Crippen LogP contribution in [0.15, 0.2) is 0 Å². The summed E-state index contributed by atoms with van der Waals surface area (Å²) in [4.78, 5) is 16.8. The van der Waals surface area contributed by atoms with Crippen molar-refractivity contribution in [1.82, 2.24) is 9.80 Å². The van der Waals surface area contributed by atoms with Gasteiger partial charge in [0.2, 0.25) is 0 Å². The summed E-state index contributed by atoms with van der Waals surface area (Å²) < 4.78 is 5.55. The van der Waals surface area contributed by atoms with Gasteiger partial charge in [0.25, 0.3) is 0 Å². The van der Waals surface area contributed by atoms with Gasteiger partial charge in [0.05, 0.1) is 0 Å². The summed E-state index contributed by atoms with van der Waals surface area (Å²) in [6.07, 6.45) is 4.67. The SMILES string of the molecule is CC(C)N1CCC2(CCCN(C(=O)OC(C)(C)C)C2)CC1. The molecule has 4 heteroatoms. The first-order valence-electron chi connectivity index (χ1n) is 8.43. The number of rotatable bonds is 1. The lowest BCUT2D eigenvalue weighted by molar-refractivity contribution is -0.0145. The van der Waals surface area contributed by atoms with E-state index in [2.05, 4.69) is 18.7 Å². The molecule has 2 heterocycles. The zero-order valence-electron chi connectivity index (χ0n) is 14.4. The maximum Gasteiger partial charge on any atom is 0.410 e. The third-order valence-corrected chi connectivity index (χ3v) is 4.90. The molecule has 2 aliphatic heterocycles. The zero-order valence-corrected chi connectivity index (χ0v) is 14.4. The normalized spacial score (nSPS) is 23.6. The summed E-state index contributed by atoms with van der Waals surface area (Å²) in [5, 5.41) is 0. The van der Waals surface area contributed by atoms with Crippen LogP contribution in [0.2, 0.25) is 0 Å². The third kappa shape index (κ3) is 4.35. The maximum atomic E-state index is 12.3. The van der Waals surface area contributed by atoms with E-state index in [1.807, 2.05) is 25.7 Å². The van der Waals surface area contributed by atoms with Crippen LogP contribution in [0.25, 0.3) is 0 Å². The second-order valence-corrected chi connectivity index (χ2v) is 8.14. The van der Waals surface area contributed by atoms with Gasteiger partial charge < -0.3 is 14.5 Å². The maximum absolute atomic E-state index is 12.3. The van der Waals surface area contributed by atoms with E-state index in [4.69, 9.17) is 4.74 Å². The first kappa shape index (κ1) is 16.6. The van der Waals surface area contributed by atoms with Crippen LogP contribution < -0.4 is 0 Å². The molecule has 0 aromatic heterocycles. The van der Waals surface area contributed by atoms with Gasteiger partial charge in [0.1, 0.15) is 5.60 Å². The minimum Gasteiger partial charge on any atom is -0.444 e. The Labute approximate surface area is 129 Å². The van der Waals surface area contributed by atoms with Crippen molar-refractivity contribution in [3.8, 4) is 0 Å². The fourth-order valence-corrected chi connectivity index (χ4v) is 3.61. The van der Waals surface area contributed by atoms with E-state index in [1.54, 1.807) is 0 Å². The quantitative estimate of drug-likeness (QED) is 0.742. The Bertz CT molecular complexity index is 365. The number of hydrogen-bond acceptors (Lipinski definition) is 3. The second-order valence-electron chi connectivity index (χ2n) is 8.14.